The first-order chi connectivity index (χ1) is 20.2. The molecule has 0 radical (unpaired) electrons. The first-order valence-corrected chi connectivity index (χ1v) is 14.4. The zero-order valence-electron chi connectivity index (χ0n) is 23.9. The summed E-state index contributed by atoms with van der Waals surface area (Å²) in [5.41, 5.74) is 5.19. The molecule has 7 heteroatoms. The third-order valence-electron chi connectivity index (χ3n) is 8.44. The molecule has 212 valence electrons. The summed E-state index contributed by atoms with van der Waals surface area (Å²) < 4.78 is 5.68. The fourth-order valence-corrected chi connectivity index (χ4v) is 6.08. The minimum atomic E-state index is -0.977. The van der Waals surface area contributed by atoms with Gasteiger partial charge in [0.25, 0.3) is 0 Å². The van der Waals surface area contributed by atoms with E-state index >= 15 is 0 Å². The van der Waals surface area contributed by atoms with Crippen molar-refractivity contribution < 1.29 is 23.9 Å². The van der Waals surface area contributed by atoms with Crippen molar-refractivity contribution in [3.63, 3.8) is 0 Å². The number of ketones is 1. The van der Waals surface area contributed by atoms with Crippen LogP contribution in [0.15, 0.2) is 72.8 Å². The molecule has 0 spiro atoms. The predicted molar refractivity (Wildman–Crippen MR) is 160 cm³/mol. The van der Waals surface area contributed by atoms with Gasteiger partial charge >= 0.3 is 5.97 Å². The molecule has 0 unspecified atom stereocenters. The molecular formula is C35H32N2O5. The Labute approximate surface area is 244 Å². The normalized spacial score (nSPS) is 19.1. The van der Waals surface area contributed by atoms with Gasteiger partial charge in [-0.3, -0.25) is 19.3 Å². The van der Waals surface area contributed by atoms with Gasteiger partial charge in [0.15, 0.2) is 6.10 Å². The second kappa shape index (κ2) is 11.0. The van der Waals surface area contributed by atoms with Gasteiger partial charge in [-0.25, -0.2) is 9.78 Å². The summed E-state index contributed by atoms with van der Waals surface area (Å²) in [5.74, 6) is -1.56. The van der Waals surface area contributed by atoms with Crippen molar-refractivity contribution in [2.45, 2.75) is 52.6 Å². The molecule has 1 aliphatic carbocycles. The highest BCUT2D eigenvalue weighted by molar-refractivity contribution is 6.22. The summed E-state index contributed by atoms with van der Waals surface area (Å²) in [6.07, 6.45) is 2.50. The summed E-state index contributed by atoms with van der Waals surface area (Å²) in [6, 6.07) is 21.6. The van der Waals surface area contributed by atoms with Crippen molar-refractivity contribution in [1.82, 2.24) is 4.98 Å². The van der Waals surface area contributed by atoms with E-state index in [4.69, 9.17) is 9.72 Å². The van der Waals surface area contributed by atoms with Crippen LogP contribution in [-0.2, 0) is 14.3 Å². The van der Waals surface area contributed by atoms with Gasteiger partial charge in [-0.15, -0.1) is 0 Å². The van der Waals surface area contributed by atoms with Crippen molar-refractivity contribution in [3.05, 3.63) is 95.1 Å². The molecule has 7 nitrogen and oxygen atoms in total. The number of anilines is 1. The molecule has 2 heterocycles. The number of nitrogens with zero attached hydrogens (tertiary/aromatic N) is 2. The van der Waals surface area contributed by atoms with E-state index in [1.165, 1.54) is 4.90 Å². The third-order valence-corrected chi connectivity index (χ3v) is 8.44. The molecule has 42 heavy (non-hydrogen) atoms. The number of fused-ring (bicyclic) bond motifs is 2. The Balaban J connectivity index is 1.30. The Bertz CT molecular complexity index is 1700. The van der Waals surface area contributed by atoms with E-state index in [-0.39, 0.29) is 29.4 Å². The van der Waals surface area contributed by atoms with Crippen molar-refractivity contribution in [2.75, 3.05) is 4.90 Å². The first kappa shape index (κ1) is 27.5. The number of benzene rings is 3. The standard InChI is InChI=1S/C35H32N2O5/c1-20-8-11-24(12-9-20)32(38)22(3)42-35(41)29-19-31(36-30-17-10-21(2)18-28(29)30)23-13-15-25(16-14-23)37-33(39)26-6-4-5-7-27(26)34(37)40/h8-19,22,26-27H,4-7H2,1-3H3/t22-,26+,27+/m1/s1. The highest BCUT2D eigenvalue weighted by Crippen LogP contribution is 2.40. The topological polar surface area (TPSA) is 93.6 Å². The smallest absolute Gasteiger partial charge is 0.339 e. The minimum absolute atomic E-state index is 0.115. The van der Waals surface area contributed by atoms with Crippen LogP contribution in [0.2, 0.25) is 0 Å². The third kappa shape index (κ3) is 5.00. The highest BCUT2D eigenvalue weighted by Gasteiger charge is 2.48. The number of hydrogen-bond donors (Lipinski definition) is 0. The van der Waals surface area contributed by atoms with Crippen molar-refractivity contribution in [1.29, 1.82) is 0 Å². The van der Waals surface area contributed by atoms with Crippen LogP contribution < -0.4 is 4.90 Å². The molecular weight excluding hydrogens is 528 g/mol. The van der Waals surface area contributed by atoms with Gasteiger partial charge in [-0.2, -0.15) is 0 Å². The number of ether oxygens (including phenoxy) is 1. The number of hydrogen-bond acceptors (Lipinski definition) is 6. The number of esters is 1. The monoisotopic (exact) mass is 560 g/mol. The second-order valence-corrected chi connectivity index (χ2v) is 11.4. The van der Waals surface area contributed by atoms with Crippen molar-refractivity contribution >= 4 is 40.2 Å². The van der Waals surface area contributed by atoms with E-state index in [0.29, 0.717) is 33.4 Å². The van der Waals surface area contributed by atoms with E-state index in [1.807, 2.05) is 44.2 Å². The summed E-state index contributed by atoms with van der Waals surface area (Å²) in [7, 11) is 0. The van der Waals surface area contributed by atoms with Crippen LogP contribution in [0.1, 0.15) is 64.4 Å². The van der Waals surface area contributed by atoms with E-state index in [2.05, 4.69) is 0 Å². The Kier molecular flexibility index (Phi) is 7.19. The van der Waals surface area contributed by atoms with E-state index < -0.39 is 12.1 Å². The van der Waals surface area contributed by atoms with Crippen LogP contribution in [-0.4, -0.2) is 34.7 Å². The van der Waals surface area contributed by atoms with Gasteiger partial charge in [0.2, 0.25) is 17.6 Å². The average Bonchev–Trinajstić information content (AvgIpc) is 3.26. The van der Waals surface area contributed by atoms with Crippen molar-refractivity contribution in [3.8, 4) is 11.3 Å². The number of rotatable bonds is 6. The summed E-state index contributed by atoms with van der Waals surface area (Å²) >= 11 is 0. The predicted octanol–water partition coefficient (Wildman–Crippen LogP) is 6.63. The molecule has 2 amide bonds. The molecule has 3 atom stereocenters. The van der Waals surface area contributed by atoms with Gasteiger partial charge in [0.1, 0.15) is 0 Å². The second-order valence-electron chi connectivity index (χ2n) is 11.4. The lowest BCUT2D eigenvalue weighted by Crippen LogP contribution is -2.30. The molecule has 4 aromatic rings. The number of aromatic nitrogens is 1. The van der Waals surface area contributed by atoms with Crippen LogP contribution in [0.25, 0.3) is 22.2 Å². The van der Waals surface area contributed by atoms with Gasteiger partial charge < -0.3 is 4.74 Å². The maximum Gasteiger partial charge on any atom is 0.339 e. The van der Waals surface area contributed by atoms with Crippen LogP contribution >= 0.6 is 0 Å². The lowest BCUT2D eigenvalue weighted by atomic mass is 9.81. The number of pyridine rings is 1. The molecule has 1 saturated heterocycles. The summed E-state index contributed by atoms with van der Waals surface area (Å²) in [5, 5.41) is 0.631. The zero-order valence-corrected chi connectivity index (χ0v) is 23.9. The Morgan fingerprint density at radius 3 is 2.10 bits per heavy atom. The molecule has 3 aromatic carbocycles. The molecule has 1 saturated carbocycles. The van der Waals surface area contributed by atoms with Gasteiger partial charge in [0.05, 0.1) is 34.3 Å². The van der Waals surface area contributed by atoms with Crippen LogP contribution in [0.4, 0.5) is 5.69 Å². The molecule has 6 rings (SSSR count). The van der Waals surface area contributed by atoms with Crippen LogP contribution in [0, 0.1) is 25.7 Å². The average molecular weight is 561 g/mol. The minimum Gasteiger partial charge on any atom is -0.451 e. The molecule has 1 aromatic heterocycles. The number of aryl methyl sites for hydroxylation is 2. The maximum atomic E-state index is 13.5. The fraction of sp³-hybridized carbons (Fsp3) is 0.286. The van der Waals surface area contributed by atoms with Gasteiger partial charge in [-0.1, -0.05) is 66.4 Å². The number of carbonyl (C=O) groups is 4. The zero-order chi connectivity index (χ0) is 29.5. The SMILES string of the molecule is Cc1ccc(C(=O)[C@@H](C)OC(=O)c2cc(-c3ccc(N4C(=O)[C@H]5CCCC[C@@H]5C4=O)cc3)nc3ccc(C)cc23)cc1. The highest BCUT2D eigenvalue weighted by atomic mass is 16.5. The Hall–Kier alpha value is -4.65. The summed E-state index contributed by atoms with van der Waals surface area (Å²) in [4.78, 5) is 58.7. The quantitative estimate of drug-likeness (QED) is 0.149. The Morgan fingerprint density at radius 1 is 0.833 bits per heavy atom. The van der Waals surface area contributed by atoms with E-state index in [0.717, 1.165) is 42.4 Å². The van der Waals surface area contributed by atoms with Crippen molar-refractivity contribution in [2.24, 2.45) is 11.8 Å². The number of amides is 2. The Morgan fingerprint density at radius 2 is 1.45 bits per heavy atom. The number of carbonyl (C=O) groups excluding carboxylic acids is 4. The largest absolute Gasteiger partial charge is 0.451 e. The van der Waals surface area contributed by atoms with E-state index in [9.17, 15) is 19.2 Å². The van der Waals surface area contributed by atoms with Gasteiger partial charge in [-0.05, 0) is 63.9 Å². The summed E-state index contributed by atoms with van der Waals surface area (Å²) in [6.45, 7) is 5.45. The molecule has 1 aliphatic heterocycles. The lowest BCUT2D eigenvalue weighted by molar-refractivity contribution is -0.122. The lowest BCUT2D eigenvalue weighted by Gasteiger charge is -2.19. The molecule has 2 aliphatic rings. The number of Topliss-reactive ketones (excluding diaryl/α,β-unsaturated/α-hetero) is 1. The van der Waals surface area contributed by atoms with Crippen LogP contribution in [0.3, 0.4) is 0 Å². The first-order valence-electron chi connectivity index (χ1n) is 14.4. The molecule has 0 bridgehead atoms. The van der Waals surface area contributed by atoms with Gasteiger partial charge in [0, 0.05) is 16.5 Å². The molecule has 2 fully saturated rings. The van der Waals surface area contributed by atoms with E-state index in [1.54, 1.807) is 49.4 Å². The number of imide groups is 1. The maximum absolute atomic E-state index is 13.5. The van der Waals surface area contributed by atoms with Crippen LogP contribution in [0.5, 0.6) is 0 Å². The fourth-order valence-electron chi connectivity index (χ4n) is 6.08. The molecule has 0 N–H and O–H groups in total.